The number of ether oxygens (including phenoxy) is 2. The molecular weight excluding hydrogens is 272 g/mol. The van der Waals surface area contributed by atoms with E-state index < -0.39 is 15.8 Å². The lowest BCUT2D eigenvalue weighted by Gasteiger charge is -2.11. The van der Waals surface area contributed by atoms with Gasteiger partial charge >= 0.3 is 5.97 Å². The molecule has 0 aliphatic heterocycles. The molecule has 1 aromatic rings. The van der Waals surface area contributed by atoms with Crippen LogP contribution in [-0.2, 0) is 9.84 Å². The summed E-state index contributed by atoms with van der Waals surface area (Å²) in [4.78, 5) is 10.8. The van der Waals surface area contributed by atoms with E-state index in [0.29, 0.717) is 5.75 Å². The fourth-order valence-electron chi connectivity index (χ4n) is 1.34. The van der Waals surface area contributed by atoms with E-state index in [0.717, 1.165) is 0 Å². The highest BCUT2D eigenvalue weighted by Crippen LogP contribution is 2.28. The summed E-state index contributed by atoms with van der Waals surface area (Å²) in [6.45, 7) is 1.57. The summed E-state index contributed by atoms with van der Waals surface area (Å²) in [6, 6.07) is 4.14. The molecule has 0 saturated carbocycles. The first-order chi connectivity index (χ1) is 8.89. The minimum Gasteiger partial charge on any atom is -0.493 e. The average Bonchev–Trinajstić information content (AvgIpc) is 2.38. The Hall–Kier alpha value is -1.76. The Morgan fingerprint density at radius 1 is 1.32 bits per heavy atom. The third-order valence-corrected chi connectivity index (χ3v) is 4.17. The highest BCUT2D eigenvalue weighted by atomic mass is 32.2. The van der Waals surface area contributed by atoms with Crippen molar-refractivity contribution in [2.45, 2.75) is 6.92 Å². The molecule has 0 spiro atoms. The average molecular weight is 288 g/mol. The minimum absolute atomic E-state index is 0.00104. The molecule has 0 bridgehead atoms. The summed E-state index contributed by atoms with van der Waals surface area (Å²) in [7, 11) is -1.71. The van der Waals surface area contributed by atoms with Crippen LogP contribution in [0.5, 0.6) is 11.5 Å². The van der Waals surface area contributed by atoms with Gasteiger partial charge in [-0.2, -0.15) is 0 Å². The lowest BCUT2D eigenvalue weighted by Crippen LogP contribution is -2.15. The standard InChI is InChI=1S/C12H16O6S/c1-3-19(15,16)7-6-18-10-5-4-9(12(13)14)8-11(10)17-2/h4-5,8H,3,6-7H2,1-2H3,(H,13,14). The molecule has 106 valence electrons. The van der Waals surface area contributed by atoms with Crippen molar-refractivity contribution in [1.29, 1.82) is 0 Å². The summed E-state index contributed by atoms with van der Waals surface area (Å²) >= 11 is 0. The molecule has 0 radical (unpaired) electrons. The number of carboxylic acid groups (broad SMARTS) is 1. The van der Waals surface area contributed by atoms with Gasteiger partial charge in [0.2, 0.25) is 0 Å². The minimum atomic E-state index is -3.09. The first-order valence-electron chi connectivity index (χ1n) is 5.64. The Labute approximate surface area is 111 Å². The van der Waals surface area contributed by atoms with Gasteiger partial charge in [-0.15, -0.1) is 0 Å². The zero-order chi connectivity index (χ0) is 14.5. The van der Waals surface area contributed by atoms with E-state index >= 15 is 0 Å². The molecule has 1 N–H and O–H groups in total. The number of carbonyl (C=O) groups is 1. The van der Waals surface area contributed by atoms with Crippen LogP contribution in [0.1, 0.15) is 17.3 Å². The van der Waals surface area contributed by atoms with Gasteiger partial charge in [0.15, 0.2) is 21.3 Å². The molecule has 0 amide bonds. The van der Waals surface area contributed by atoms with Crippen LogP contribution in [0.4, 0.5) is 0 Å². The Kier molecular flexibility index (Phi) is 5.17. The van der Waals surface area contributed by atoms with Gasteiger partial charge in [-0.1, -0.05) is 6.92 Å². The van der Waals surface area contributed by atoms with Gasteiger partial charge in [0, 0.05) is 5.75 Å². The maximum Gasteiger partial charge on any atom is 0.335 e. The van der Waals surface area contributed by atoms with Gasteiger partial charge in [0.25, 0.3) is 0 Å². The lowest BCUT2D eigenvalue weighted by atomic mass is 10.2. The number of benzene rings is 1. The van der Waals surface area contributed by atoms with E-state index in [-0.39, 0.29) is 29.4 Å². The molecule has 0 saturated heterocycles. The predicted octanol–water partition coefficient (Wildman–Crippen LogP) is 1.21. The van der Waals surface area contributed by atoms with Crippen LogP contribution in [0.2, 0.25) is 0 Å². The van der Waals surface area contributed by atoms with Gasteiger partial charge in [-0.25, -0.2) is 13.2 Å². The second kappa shape index (κ2) is 6.42. The topological polar surface area (TPSA) is 89.9 Å². The smallest absolute Gasteiger partial charge is 0.335 e. The Balaban J connectivity index is 2.76. The Morgan fingerprint density at radius 3 is 2.53 bits per heavy atom. The molecule has 19 heavy (non-hydrogen) atoms. The summed E-state index contributed by atoms with van der Waals surface area (Å²) in [5, 5.41) is 8.83. The van der Waals surface area contributed by atoms with E-state index in [1.807, 2.05) is 0 Å². The van der Waals surface area contributed by atoms with Crippen molar-refractivity contribution in [3.05, 3.63) is 23.8 Å². The molecular formula is C12H16O6S. The van der Waals surface area contributed by atoms with Gasteiger partial charge < -0.3 is 14.6 Å². The molecule has 0 fully saturated rings. The molecule has 0 heterocycles. The van der Waals surface area contributed by atoms with Crippen molar-refractivity contribution in [2.75, 3.05) is 25.2 Å². The van der Waals surface area contributed by atoms with Crippen LogP contribution < -0.4 is 9.47 Å². The number of hydrogen-bond acceptors (Lipinski definition) is 5. The first-order valence-corrected chi connectivity index (χ1v) is 7.46. The van der Waals surface area contributed by atoms with Crippen LogP contribution in [0.25, 0.3) is 0 Å². The zero-order valence-corrected chi connectivity index (χ0v) is 11.6. The highest BCUT2D eigenvalue weighted by molar-refractivity contribution is 7.91. The summed E-state index contributed by atoms with van der Waals surface area (Å²) in [6.07, 6.45) is 0. The number of rotatable bonds is 7. The maximum absolute atomic E-state index is 11.3. The van der Waals surface area contributed by atoms with E-state index in [1.165, 1.54) is 25.3 Å². The van der Waals surface area contributed by atoms with E-state index in [9.17, 15) is 13.2 Å². The van der Waals surface area contributed by atoms with Crippen LogP contribution in [0.3, 0.4) is 0 Å². The van der Waals surface area contributed by atoms with Gasteiger partial charge in [0.05, 0.1) is 18.4 Å². The van der Waals surface area contributed by atoms with Gasteiger partial charge in [0.1, 0.15) is 6.61 Å². The molecule has 1 rings (SSSR count). The Bertz CT molecular complexity index is 549. The zero-order valence-electron chi connectivity index (χ0n) is 10.8. The number of aromatic carboxylic acids is 1. The monoisotopic (exact) mass is 288 g/mol. The summed E-state index contributed by atoms with van der Waals surface area (Å²) in [5.74, 6) is -0.523. The fourth-order valence-corrected chi connectivity index (χ4v) is 1.97. The number of sulfone groups is 1. The first kappa shape index (κ1) is 15.3. The Morgan fingerprint density at radius 2 is 2.00 bits per heavy atom. The van der Waals surface area contributed by atoms with Crippen molar-refractivity contribution in [3.8, 4) is 11.5 Å². The van der Waals surface area contributed by atoms with Crippen molar-refractivity contribution in [3.63, 3.8) is 0 Å². The van der Waals surface area contributed by atoms with Crippen molar-refractivity contribution < 1.29 is 27.8 Å². The van der Waals surface area contributed by atoms with Crippen LogP contribution in [0.15, 0.2) is 18.2 Å². The fraction of sp³-hybridized carbons (Fsp3) is 0.417. The van der Waals surface area contributed by atoms with Gasteiger partial charge in [-0.05, 0) is 18.2 Å². The van der Waals surface area contributed by atoms with E-state index in [4.69, 9.17) is 14.6 Å². The molecule has 6 nitrogen and oxygen atoms in total. The second-order valence-corrected chi connectivity index (χ2v) is 6.23. The quantitative estimate of drug-likeness (QED) is 0.811. The highest BCUT2D eigenvalue weighted by Gasteiger charge is 2.12. The van der Waals surface area contributed by atoms with E-state index in [2.05, 4.69) is 0 Å². The molecule has 0 aliphatic carbocycles. The number of methoxy groups -OCH3 is 1. The third kappa shape index (κ3) is 4.44. The largest absolute Gasteiger partial charge is 0.493 e. The van der Waals surface area contributed by atoms with Crippen LogP contribution in [-0.4, -0.2) is 44.7 Å². The molecule has 1 aromatic carbocycles. The normalized spacial score (nSPS) is 11.1. The summed E-state index contributed by atoms with van der Waals surface area (Å²) in [5.41, 5.74) is 0.0744. The van der Waals surface area contributed by atoms with Crippen molar-refractivity contribution >= 4 is 15.8 Å². The van der Waals surface area contributed by atoms with Crippen molar-refractivity contribution in [1.82, 2.24) is 0 Å². The van der Waals surface area contributed by atoms with Crippen LogP contribution in [0, 0.1) is 0 Å². The number of hydrogen-bond donors (Lipinski definition) is 1. The predicted molar refractivity (Wildman–Crippen MR) is 69.8 cm³/mol. The maximum atomic E-state index is 11.3. The van der Waals surface area contributed by atoms with Crippen LogP contribution >= 0.6 is 0 Å². The molecule has 7 heteroatoms. The molecule has 0 aliphatic rings. The molecule has 0 atom stereocenters. The lowest BCUT2D eigenvalue weighted by molar-refractivity contribution is 0.0696. The SMILES string of the molecule is CCS(=O)(=O)CCOc1ccc(C(=O)O)cc1OC. The molecule has 0 unspecified atom stereocenters. The number of carboxylic acids is 1. The molecule has 0 aromatic heterocycles. The second-order valence-electron chi connectivity index (χ2n) is 3.76. The van der Waals surface area contributed by atoms with Gasteiger partial charge in [-0.3, -0.25) is 0 Å². The van der Waals surface area contributed by atoms with Crippen molar-refractivity contribution in [2.24, 2.45) is 0 Å². The third-order valence-electron chi connectivity index (χ3n) is 2.50. The summed E-state index contributed by atoms with van der Waals surface area (Å²) < 4.78 is 32.9. The van der Waals surface area contributed by atoms with E-state index in [1.54, 1.807) is 6.92 Å².